The number of methoxy groups -OCH3 is 1. The van der Waals surface area contributed by atoms with E-state index in [9.17, 15) is 14.9 Å². The molecular weight excluding hydrogens is 406 g/mol. The third-order valence-corrected chi connectivity index (χ3v) is 5.32. The molecule has 3 rings (SSSR count). The van der Waals surface area contributed by atoms with Gasteiger partial charge in [0.05, 0.1) is 23.9 Å². The minimum atomic E-state index is -0.563. The Hall–Kier alpha value is -3.40. The van der Waals surface area contributed by atoms with Crippen LogP contribution in [-0.4, -0.2) is 38.5 Å². The molecule has 0 atom stereocenters. The number of hydrogen-bond donors (Lipinski definition) is 1. The van der Waals surface area contributed by atoms with E-state index >= 15 is 0 Å². The molecule has 0 saturated heterocycles. The topological polar surface area (TPSA) is 112 Å². The van der Waals surface area contributed by atoms with E-state index in [2.05, 4.69) is 15.5 Å². The number of hydrogen-bond acceptors (Lipinski definition) is 7. The standard InChI is InChI=1S/C20H21N5O4S/c1-4-24-19(14-7-5-13(2)6-8-14)22-23-20(24)30-12-18(26)21-16-10-9-15(29-3)11-17(16)25(27)28/h5-11H,4,12H2,1-3H3,(H,21,26). The highest BCUT2D eigenvalue weighted by atomic mass is 32.2. The maximum atomic E-state index is 12.4. The highest BCUT2D eigenvalue weighted by molar-refractivity contribution is 7.99. The second-order valence-corrected chi connectivity index (χ2v) is 7.34. The van der Waals surface area contributed by atoms with Gasteiger partial charge in [0.1, 0.15) is 11.4 Å². The molecule has 1 amide bonds. The average molecular weight is 427 g/mol. The van der Waals surface area contributed by atoms with Crippen molar-refractivity contribution < 1.29 is 14.5 Å². The predicted molar refractivity (Wildman–Crippen MR) is 115 cm³/mol. The van der Waals surface area contributed by atoms with Crippen LogP contribution in [0.1, 0.15) is 12.5 Å². The number of benzene rings is 2. The van der Waals surface area contributed by atoms with Crippen LogP contribution in [0.5, 0.6) is 5.75 Å². The van der Waals surface area contributed by atoms with Crippen molar-refractivity contribution in [3.8, 4) is 17.1 Å². The minimum Gasteiger partial charge on any atom is -0.496 e. The Bertz CT molecular complexity index is 1070. The third kappa shape index (κ3) is 4.77. The van der Waals surface area contributed by atoms with Crippen LogP contribution in [0.25, 0.3) is 11.4 Å². The van der Waals surface area contributed by atoms with Gasteiger partial charge in [0.15, 0.2) is 11.0 Å². The summed E-state index contributed by atoms with van der Waals surface area (Å²) >= 11 is 1.22. The Morgan fingerprint density at radius 3 is 2.60 bits per heavy atom. The Morgan fingerprint density at radius 1 is 1.23 bits per heavy atom. The summed E-state index contributed by atoms with van der Waals surface area (Å²) in [6.07, 6.45) is 0. The first-order valence-corrected chi connectivity index (χ1v) is 10.2. The Morgan fingerprint density at radius 2 is 1.97 bits per heavy atom. The molecule has 0 unspecified atom stereocenters. The zero-order valence-corrected chi connectivity index (χ0v) is 17.6. The zero-order valence-electron chi connectivity index (χ0n) is 16.8. The lowest BCUT2D eigenvalue weighted by molar-refractivity contribution is -0.384. The lowest BCUT2D eigenvalue weighted by Crippen LogP contribution is -2.15. The highest BCUT2D eigenvalue weighted by Crippen LogP contribution is 2.29. The van der Waals surface area contributed by atoms with Crippen molar-refractivity contribution in [3.63, 3.8) is 0 Å². The van der Waals surface area contributed by atoms with Crippen LogP contribution in [-0.2, 0) is 11.3 Å². The van der Waals surface area contributed by atoms with Crippen molar-refractivity contribution in [1.82, 2.24) is 14.8 Å². The number of carbonyl (C=O) groups excluding carboxylic acids is 1. The summed E-state index contributed by atoms with van der Waals surface area (Å²) in [6.45, 7) is 4.64. The maximum Gasteiger partial charge on any atom is 0.296 e. The summed E-state index contributed by atoms with van der Waals surface area (Å²) < 4.78 is 6.93. The Kier molecular flexibility index (Phi) is 6.68. The van der Waals surface area contributed by atoms with Gasteiger partial charge >= 0.3 is 0 Å². The maximum absolute atomic E-state index is 12.4. The van der Waals surface area contributed by atoms with Crippen LogP contribution >= 0.6 is 11.8 Å². The van der Waals surface area contributed by atoms with Crippen LogP contribution < -0.4 is 10.1 Å². The average Bonchev–Trinajstić information content (AvgIpc) is 3.15. The molecule has 0 fully saturated rings. The summed E-state index contributed by atoms with van der Waals surface area (Å²) in [5, 5.41) is 22.9. The van der Waals surface area contributed by atoms with Crippen molar-refractivity contribution in [1.29, 1.82) is 0 Å². The minimum absolute atomic E-state index is 0.0369. The summed E-state index contributed by atoms with van der Waals surface area (Å²) in [5.74, 6) is 0.727. The van der Waals surface area contributed by atoms with Gasteiger partial charge in [-0.25, -0.2) is 0 Å². The van der Waals surface area contributed by atoms with Crippen LogP contribution in [0.3, 0.4) is 0 Å². The third-order valence-electron chi connectivity index (χ3n) is 4.35. The van der Waals surface area contributed by atoms with Crippen LogP contribution in [0.15, 0.2) is 47.6 Å². The lowest BCUT2D eigenvalue weighted by atomic mass is 10.1. The number of aromatic nitrogens is 3. The first-order valence-electron chi connectivity index (χ1n) is 9.18. The molecule has 0 spiro atoms. The molecule has 1 aromatic heterocycles. The van der Waals surface area contributed by atoms with Gasteiger partial charge in [-0.05, 0) is 26.0 Å². The monoisotopic (exact) mass is 427 g/mol. The van der Waals surface area contributed by atoms with Gasteiger partial charge in [0.25, 0.3) is 5.69 Å². The molecule has 30 heavy (non-hydrogen) atoms. The number of nitro benzene ring substituents is 1. The quantitative estimate of drug-likeness (QED) is 0.329. The van der Waals surface area contributed by atoms with E-state index in [1.54, 1.807) is 6.07 Å². The molecule has 2 aromatic carbocycles. The predicted octanol–water partition coefficient (Wildman–Crippen LogP) is 3.92. The van der Waals surface area contributed by atoms with Gasteiger partial charge < -0.3 is 14.6 Å². The van der Waals surface area contributed by atoms with Gasteiger partial charge in [-0.2, -0.15) is 0 Å². The first-order chi connectivity index (χ1) is 14.4. The van der Waals surface area contributed by atoms with Crippen molar-refractivity contribution >= 4 is 29.0 Å². The van der Waals surface area contributed by atoms with Gasteiger partial charge in [0, 0.05) is 12.1 Å². The fraction of sp³-hybridized carbons (Fsp3) is 0.250. The molecule has 3 aromatic rings. The number of amides is 1. The molecule has 0 aliphatic carbocycles. The molecule has 156 valence electrons. The Labute approximate surface area is 177 Å². The number of rotatable bonds is 8. The molecular formula is C20H21N5O4S. The second kappa shape index (κ2) is 9.40. The number of nitro groups is 1. The van der Waals surface area contributed by atoms with Gasteiger partial charge in [-0.15, -0.1) is 10.2 Å². The van der Waals surface area contributed by atoms with E-state index in [4.69, 9.17) is 4.74 Å². The summed E-state index contributed by atoms with van der Waals surface area (Å²) in [4.78, 5) is 23.1. The molecule has 0 bridgehead atoms. The lowest BCUT2D eigenvalue weighted by Gasteiger charge is -2.09. The number of aryl methyl sites for hydroxylation is 1. The van der Waals surface area contributed by atoms with Gasteiger partial charge in [0.2, 0.25) is 5.91 Å². The van der Waals surface area contributed by atoms with Crippen LogP contribution in [0.4, 0.5) is 11.4 Å². The zero-order chi connectivity index (χ0) is 21.7. The molecule has 0 aliphatic heterocycles. The number of thioether (sulfide) groups is 1. The van der Waals surface area contributed by atoms with Gasteiger partial charge in [-0.1, -0.05) is 41.6 Å². The number of nitrogens with zero attached hydrogens (tertiary/aromatic N) is 4. The van der Waals surface area contributed by atoms with Crippen molar-refractivity contribution in [2.75, 3.05) is 18.2 Å². The largest absolute Gasteiger partial charge is 0.496 e. The molecule has 0 aliphatic rings. The summed E-state index contributed by atoms with van der Waals surface area (Å²) in [6, 6.07) is 12.2. The Balaban J connectivity index is 1.71. The molecule has 1 heterocycles. The fourth-order valence-electron chi connectivity index (χ4n) is 2.81. The smallest absolute Gasteiger partial charge is 0.296 e. The number of anilines is 1. The molecule has 10 heteroatoms. The first kappa shape index (κ1) is 21.3. The normalized spacial score (nSPS) is 10.6. The highest BCUT2D eigenvalue weighted by Gasteiger charge is 2.19. The summed E-state index contributed by atoms with van der Waals surface area (Å²) in [7, 11) is 1.42. The number of carbonyl (C=O) groups is 1. The van der Waals surface area contributed by atoms with E-state index < -0.39 is 4.92 Å². The van der Waals surface area contributed by atoms with Crippen molar-refractivity contribution in [3.05, 3.63) is 58.1 Å². The molecule has 1 N–H and O–H groups in total. The SMILES string of the molecule is CCn1c(SCC(=O)Nc2ccc(OC)cc2[N+](=O)[O-])nnc1-c1ccc(C)cc1. The van der Waals surface area contributed by atoms with Gasteiger partial charge in [-0.3, -0.25) is 14.9 Å². The van der Waals surface area contributed by atoms with E-state index in [0.29, 0.717) is 17.5 Å². The van der Waals surface area contributed by atoms with Crippen LogP contribution in [0, 0.1) is 17.0 Å². The summed E-state index contributed by atoms with van der Waals surface area (Å²) in [5.41, 5.74) is 1.98. The van der Waals surface area contributed by atoms with Crippen molar-refractivity contribution in [2.45, 2.75) is 25.5 Å². The fourth-order valence-corrected chi connectivity index (χ4v) is 3.61. The van der Waals surface area contributed by atoms with E-state index in [0.717, 1.165) is 17.0 Å². The second-order valence-electron chi connectivity index (χ2n) is 6.39. The van der Waals surface area contributed by atoms with E-state index in [-0.39, 0.29) is 23.0 Å². The number of ether oxygens (including phenoxy) is 1. The molecule has 0 saturated carbocycles. The van der Waals surface area contributed by atoms with Crippen LogP contribution in [0.2, 0.25) is 0 Å². The molecule has 0 radical (unpaired) electrons. The van der Waals surface area contributed by atoms with Crippen molar-refractivity contribution in [2.24, 2.45) is 0 Å². The molecule has 9 nitrogen and oxygen atoms in total. The van der Waals surface area contributed by atoms with E-state index in [1.807, 2.05) is 42.7 Å². The van der Waals surface area contributed by atoms with E-state index in [1.165, 1.54) is 31.0 Å². The number of nitrogens with one attached hydrogen (secondary N) is 1.